The van der Waals surface area contributed by atoms with E-state index in [0.29, 0.717) is 24.2 Å². The third kappa shape index (κ3) is 18.0. The summed E-state index contributed by atoms with van der Waals surface area (Å²) in [4.78, 5) is 41.5. The van der Waals surface area contributed by atoms with Crippen molar-refractivity contribution in [1.82, 2.24) is 58.1 Å². The first-order valence-electron chi connectivity index (χ1n) is 27.2. The van der Waals surface area contributed by atoms with Crippen LogP contribution < -0.4 is 14.9 Å². The van der Waals surface area contributed by atoms with E-state index in [0.717, 1.165) is 124 Å². The zero-order valence-corrected chi connectivity index (χ0v) is 48.8. The van der Waals surface area contributed by atoms with E-state index in [1.807, 2.05) is 109 Å². The van der Waals surface area contributed by atoms with E-state index in [-0.39, 0.29) is 25.7 Å². The van der Waals surface area contributed by atoms with Crippen molar-refractivity contribution in [2.45, 2.75) is 122 Å². The number of hydrogen-bond acceptors (Lipinski definition) is 7. The average molecular weight is 1220 g/mol. The Bertz CT molecular complexity index is 2910. The molecule has 15 nitrogen and oxygen atoms in total. The summed E-state index contributed by atoms with van der Waals surface area (Å²) in [6, 6.07) is 26.2. The molecule has 3 atom stereocenters. The summed E-state index contributed by atoms with van der Waals surface area (Å²) in [6.45, 7) is 9.38. The van der Waals surface area contributed by atoms with Crippen molar-refractivity contribution in [1.29, 1.82) is 0 Å². The van der Waals surface area contributed by atoms with Gasteiger partial charge in [-0.1, -0.05) is 63.1 Å². The van der Waals surface area contributed by atoms with E-state index in [9.17, 15) is 4.79 Å². The van der Waals surface area contributed by atoms with Gasteiger partial charge in [-0.15, -0.1) is 0 Å². The molecule has 77 heavy (non-hydrogen) atoms. The van der Waals surface area contributed by atoms with Crippen LogP contribution in [0.2, 0.25) is 0 Å². The van der Waals surface area contributed by atoms with Gasteiger partial charge in [-0.2, -0.15) is 0 Å². The number of unbranched alkanes of at least 4 members (excludes halogenated alkanes) is 5. The molecule has 406 valence electrons. The van der Waals surface area contributed by atoms with Crippen molar-refractivity contribution in [3.63, 3.8) is 0 Å². The van der Waals surface area contributed by atoms with Crippen LogP contribution in [-0.4, -0.2) is 65.2 Å². The maximum atomic E-state index is 12.4. The van der Waals surface area contributed by atoms with E-state index >= 15 is 0 Å². The molecule has 0 spiro atoms. The summed E-state index contributed by atoms with van der Waals surface area (Å²) in [5.74, 6) is 6.19. The van der Waals surface area contributed by atoms with Crippen LogP contribution in [0.25, 0.3) is 34.8 Å². The molecule has 2 N–H and O–H groups in total. The minimum absolute atomic E-state index is 0. The third-order valence-electron chi connectivity index (χ3n) is 14.2. The molecule has 0 saturated heterocycles. The first kappa shape index (κ1) is 59.1. The smallest absolute Gasteiger partial charge is 0.219 e. The second-order valence-corrected chi connectivity index (χ2v) is 19.9. The number of rotatable bonds is 24. The fraction of sp³-hybridized carbons (Fsp3) is 0.393. The minimum atomic E-state index is 0. The van der Waals surface area contributed by atoms with Crippen LogP contribution in [-0.2, 0) is 65.9 Å². The third-order valence-corrected chi connectivity index (χ3v) is 14.2. The summed E-state index contributed by atoms with van der Waals surface area (Å²) < 4.78 is 12.3. The molecular weight excluding hydrogens is 1130 g/mol. The van der Waals surface area contributed by atoms with Gasteiger partial charge >= 0.3 is 0 Å². The van der Waals surface area contributed by atoms with Gasteiger partial charge in [0.1, 0.15) is 12.2 Å². The summed E-state index contributed by atoms with van der Waals surface area (Å²) >= 11 is 0. The van der Waals surface area contributed by atoms with Gasteiger partial charge in [-0.3, -0.25) is 4.79 Å². The van der Waals surface area contributed by atoms with Crippen LogP contribution in [0, 0.1) is 6.92 Å². The van der Waals surface area contributed by atoms with Gasteiger partial charge in [0.2, 0.25) is 5.91 Å². The van der Waals surface area contributed by atoms with Crippen molar-refractivity contribution in [3.8, 4) is 34.8 Å². The fourth-order valence-electron chi connectivity index (χ4n) is 9.71. The molecule has 0 saturated carbocycles. The first-order chi connectivity index (χ1) is 37.1. The second kappa shape index (κ2) is 31.1. The molecule has 9 aromatic rings. The summed E-state index contributed by atoms with van der Waals surface area (Å²) in [7, 11) is 7.82. The zero-order chi connectivity index (χ0) is 53.5. The number of hydrogen-bond donors (Lipinski definition) is 1. The number of imidazole rings is 5. The minimum Gasteiger partial charge on any atom is -0.356 e. The fourth-order valence-corrected chi connectivity index (χ4v) is 9.71. The normalized spacial score (nSPS) is 12.1. The molecule has 0 radical (unpaired) electrons. The van der Waals surface area contributed by atoms with Crippen molar-refractivity contribution < 1.29 is 34.1 Å². The van der Waals surface area contributed by atoms with Crippen LogP contribution in [0.3, 0.4) is 0 Å². The number of carbonyl (C=O) groups excluding carboxylic acids is 1. The Morgan fingerprint density at radius 3 is 1.69 bits per heavy atom. The maximum Gasteiger partial charge on any atom is 0.219 e. The summed E-state index contributed by atoms with van der Waals surface area (Å²) in [5, 5.41) is 3.12. The molecule has 16 heteroatoms. The molecular formula is C61H80N14OOs+2. The van der Waals surface area contributed by atoms with Crippen LogP contribution >= 0.6 is 0 Å². The number of aromatic amines is 1. The Morgan fingerprint density at radius 1 is 0.584 bits per heavy atom. The number of nitrogens with one attached hydrogen (secondary N) is 2. The van der Waals surface area contributed by atoms with Gasteiger partial charge in [0.25, 0.3) is 0 Å². The molecule has 9 rings (SSSR count). The first-order valence-corrected chi connectivity index (χ1v) is 27.2. The van der Waals surface area contributed by atoms with E-state index in [2.05, 4.69) is 143 Å². The number of carbonyl (C=O) groups is 1. The second-order valence-electron chi connectivity index (χ2n) is 19.9. The number of H-pyrrole nitrogens is 1. The van der Waals surface area contributed by atoms with Gasteiger partial charge in [0, 0.05) is 166 Å². The molecule has 0 aliphatic rings. The summed E-state index contributed by atoms with van der Waals surface area (Å²) in [5.41, 5.74) is 6.19. The SMILES string of the molecule is CCC(CC(CC(C)c1cc[n+](CCCCCC(=O)NCCCCCCn2ccnc2-c2cccc(C)n2)cc1)c1cc[nH+]cc1)c1ccccc1.Cn1ccnc1-c1nccn1C.Cn1ccnc1-c1nccn1C.[Os]. The predicted molar refractivity (Wildman–Crippen MR) is 300 cm³/mol. The van der Waals surface area contributed by atoms with E-state index in [4.69, 9.17) is 0 Å². The Labute approximate surface area is 469 Å². The molecule has 8 aromatic heterocycles. The molecule has 1 amide bonds. The largest absolute Gasteiger partial charge is 0.356 e. The number of aryl methyl sites for hydroxylation is 7. The summed E-state index contributed by atoms with van der Waals surface area (Å²) in [6.07, 6.45) is 38.6. The molecule has 0 fully saturated rings. The zero-order valence-electron chi connectivity index (χ0n) is 46.3. The topological polar surface area (TPSA) is 149 Å². The molecule has 3 unspecified atom stereocenters. The van der Waals surface area contributed by atoms with Gasteiger partial charge in [-0.25, -0.2) is 39.5 Å². The standard InChI is InChI=1S/C45H58N6O.2C8H10N4.Os/c1-4-38(40-17-9-7-10-18-40)35-42(41-21-26-46-27-22-41)34-36(2)39-23-31-50(32-24-39)29-13-8-11-20-44(52)47-25-12-5-6-14-30-51-33-28-48-45(51)43-19-15-16-37(3)49-43;2*1-11-5-3-9-7(11)8-10-4-6-12(8)2;/h7,9-10,15-19,21-24,26-28,31-33,36,38,42H,4-6,8,11-14,20,25,29-30,34-35H2,1-3H3;2*3-6H,1-2H3;/p+2. The van der Waals surface area contributed by atoms with Crippen molar-refractivity contribution in [2.24, 2.45) is 28.2 Å². The van der Waals surface area contributed by atoms with Crippen molar-refractivity contribution in [2.75, 3.05) is 6.54 Å². The van der Waals surface area contributed by atoms with Crippen LogP contribution in [0.4, 0.5) is 0 Å². The van der Waals surface area contributed by atoms with E-state index < -0.39 is 0 Å². The maximum absolute atomic E-state index is 12.4. The number of pyridine rings is 3. The van der Waals surface area contributed by atoms with Gasteiger partial charge in [-0.05, 0) is 98.4 Å². The Balaban J connectivity index is 0.000000309. The van der Waals surface area contributed by atoms with Crippen molar-refractivity contribution in [3.05, 3.63) is 182 Å². The molecule has 0 aliphatic carbocycles. The quantitative estimate of drug-likeness (QED) is 0.0468. The van der Waals surface area contributed by atoms with Crippen LogP contribution in [0.15, 0.2) is 160 Å². The van der Waals surface area contributed by atoms with E-state index in [1.54, 1.807) is 24.8 Å². The Kier molecular flexibility index (Phi) is 23.9. The average Bonchev–Trinajstić information content (AvgIpc) is 4.33. The van der Waals surface area contributed by atoms with Crippen LogP contribution in [0.1, 0.15) is 125 Å². The van der Waals surface area contributed by atoms with Gasteiger partial charge in [0.15, 0.2) is 53.9 Å². The molecule has 1 aromatic carbocycles. The van der Waals surface area contributed by atoms with Gasteiger partial charge < -0.3 is 28.2 Å². The number of nitrogens with zero attached hydrogens (tertiary/aromatic N) is 12. The number of aromatic nitrogens is 13. The van der Waals surface area contributed by atoms with Crippen molar-refractivity contribution >= 4 is 5.91 Å². The monoisotopic (exact) mass is 1220 g/mol. The molecule has 8 heterocycles. The Hall–Kier alpha value is -7.17. The molecule has 0 aliphatic heterocycles. The van der Waals surface area contributed by atoms with Gasteiger partial charge in [0.05, 0.1) is 0 Å². The van der Waals surface area contributed by atoms with Crippen LogP contribution in [0.5, 0.6) is 0 Å². The van der Waals surface area contributed by atoms with E-state index in [1.165, 1.54) is 16.7 Å². The Morgan fingerprint density at radius 2 is 1.13 bits per heavy atom. The molecule has 0 bridgehead atoms. The number of amides is 1. The predicted octanol–water partition coefficient (Wildman–Crippen LogP) is 10.8. The number of benzene rings is 1.